The van der Waals surface area contributed by atoms with E-state index in [0.717, 1.165) is 35.4 Å². The molecule has 0 saturated carbocycles. The third-order valence-electron chi connectivity index (χ3n) is 3.37. The molecule has 0 aliphatic heterocycles. The summed E-state index contributed by atoms with van der Waals surface area (Å²) in [6.07, 6.45) is -4.81. The number of hydrazine groups is 1. The van der Waals surface area contributed by atoms with Crippen LogP contribution in [0.25, 0.3) is 0 Å². The van der Waals surface area contributed by atoms with Gasteiger partial charge < -0.3 is 9.47 Å². The van der Waals surface area contributed by atoms with Gasteiger partial charge in [-0.15, -0.1) is 13.2 Å². The molecule has 0 bridgehead atoms. The average molecular weight is 382 g/mol. The van der Waals surface area contributed by atoms with E-state index >= 15 is 0 Å². The second-order valence-corrected chi connectivity index (χ2v) is 5.63. The highest BCUT2D eigenvalue weighted by atomic mass is 19.4. The average Bonchev–Trinajstić information content (AvgIpc) is 2.59. The van der Waals surface area contributed by atoms with E-state index in [1.54, 1.807) is 6.07 Å². The predicted octanol–water partition coefficient (Wildman–Crippen LogP) is 3.04. The van der Waals surface area contributed by atoms with Gasteiger partial charge in [0.05, 0.1) is 0 Å². The first kappa shape index (κ1) is 20.1. The molecule has 0 radical (unpaired) electrons. The van der Waals surface area contributed by atoms with Crippen LogP contribution in [0.1, 0.15) is 21.5 Å². The molecule has 2 rings (SSSR count). The van der Waals surface area contributed by atoms with Gasteiger partial charge in [-0.05, 0) is 55.3 Å². The Morgan fingerprint density at radius 2 is 1.67 bits per heavy atom. The van der Waals surface area contributed by atoms with Crippen LogP contribution in [0.15, 0.2) is 42.5 Å². The molecule has 2 aromatic carbocycles. The summed E-state index contributed by atoms with van der Waals surface area (Å²) in [5, 5.41) is 0. The Balaban J connectivity index is 1.82. The Kier molecular flexibility index (Phi) is 6.27. The molecule has 2 amide bonds. The van der Waals surface area contributed by atoms with Crippen molar-refractivity contribution in [1.29, 1.82) is 0 Å². The minimum atomic E-state index is -4.81. The SMILES string of the molecule is Cc1ccc(C)c(OCC(=O)NNC(=O)c2ccc(OC(F)(F)F)cc2)c1. The number of nitrogens with one attached hydrogen (secondary N) is 2. The first-order valence-corrected chi connectivity index (χ1v) is 7.79. The van der Waals surface area contributed by atoms with E-state index in [2.05, 4.69) is 15.6 Å². The van der Waals surface area contributed by atoms with Crippen molar-refractivity contribution >= 4 is 11.8 Å². The van der Waals surface area contributed by atoms with Gasteiger partial charge in [-0.1, -0.05) is 12.1 Å². The van der Waals surface area contributed by atoms with Gasteiger partial charge in [0.1, 0.15) is 11.5 Å². The summed E-state index contributed by atoms with van der Waals surface area (Å²) >= 11 is 0. The van der Waals surface area contributed by atoms with Crippen molar-refractivity contribution in [3.8, 4) is 11.5 Å². The lowest BCUT2D eigenvalue weighted by Gasteiger charge is -2.11. The van der Waals surface area contributed by atoms with Gasteiger partial charge in [0, 0.05) is 5.56 Å². The van der Waals surface area contributed by atoms with Crippen LogP contribution in [0.5, 0.6) is 11.5 Å². The summed E-state index contributed by atoms with van der Waals surface area (Å²) < 4.78 is 45.4. The van der Waals surface area contributed by atoms with Crippen LogP contribution in [-0.2, 0) is 4.79 Å². The lowest BCUT2D eigenvalue weighted by molar-refractivity contribution is -0.274. The first-order chi connectivity index (χ1) is 12.6. The molecule has 9 heteroatoms. The highest BCUT2D eigenvalue weighted by molar-refractivity contribution is 5.95. The zero-order chi connectivity index (χ0) is 20.0. The van der Waals surface area contributed by atoms with Gasteiger partial charge in [0.25, 0.3) is 11.8 Å². The summed E-state index contributed by atoms with van der Waals surface area (Å²) in [5.41, 5.74) is 6.19. The van der Waals surface area contributed by atoms with Crippen molar-refractivity contribution in [3.05, 3.63) is 59.2 Å². The van der Waals surface area contributed by atoms with Crippen molar-refractivity contribution in [2.75, 3.05) is 6.61 Å². The number of amides is 2. The van der Waals surface area contributed by atoms with Crippen LogP contribution >= 0.6 is 0 Å². The number of carbonyl (C=O) groups is 2. The van der Waals surface area contributed by atoms with E-state index in [9.17, 15) is 22.8 Å². The molecule has 0 aliphatic rings. The largest absolute Gasteiger partial charge is 0.573 e. The zero-order valence-corrected chi connectivity index (χ0v) is 14.5. The summed E-state index contributed by atoms with van der Waals surface area (Å²) in [6, 6.07) is 9.81. The fourth-order valence-corrected chi connectivity index (χ4v) is 2.05. The quantitative estimate of drug-likeness (QED) is 0.780. The van der Waals surface area contributed by atoms with Gasteiger partial charge >= 0.3 is 6.36 Å². The number of halogens is 3. The zero-order valence-electron chi connectivity index (χ0n) is 14.5. The molecule has 144 valence electrons. The van der Waals surface area contributed by atoms with E-state index in [0.29, 0.717) is 5.75 Å². The predicted molar refractivity (Wildman–Crippen MR) is 90.1 cm³/mol. The molecular formula is C18H17F3N2O4. The normalized spacial score (nSPS) is 10.9. The van der Waals surface area contributed by atoms with Crippen molar-refractivity contribution in [2.24, 2.45) is 0 Å². The second kappa shape index (κ2) is 8.43. The van der Waals surface area contributed by atoms with Gasteiger partial charge in [0.15, 0.2) is 6.61 Å². The van der Waals surface area contributed by atoms with Gasteiger partial charge in [-0.2, -0.15) is 0 Å². The molecule has 0 unspecified atom stereocenters. The van der Waals surface area contributed by atoms with Crippen molar-refractivity contribution in [3.63, 3.8) is 0 Å². The van der Waals surface area contributed by atoms with Gasteiger partial charge in [0.2, 0.25) is 0 Å². The van der Waals surface area contributed by atoms with Crippen LogP contribution in [0.4, 0.5) is 13.2 Å². The fourth-order valence-electron chi connectivity index (χ4n) is 2.05. The number of hydrogen-bond acceptors (Lipinski definition) is 4. The number of hydrogen-bond donors (Lipinski definition) is 2. The molecule has 27 heavy (non-hydrogen) atoms. The van der Waals surface area contributed by atoms with E-state index in [4.69, 9.17) is 4.74 Å². The smallest absolute Gasteiger partial charge is 0.483 e. The molecule has 2 N–H and O–H groups in total. The van der Waals surface area contributed by atoms with Crippen LogP contribution in [-0.4, -0.2) is 24.8 Å². The molecule has 0 aromatic heterocycles. The number of ether oxygens (including phenoxy) is 2. The molecule has 0 aliphatic carbocycles. The van der Waals surface area contributed by atoms with E-state index in [1.807, 2.05) is 26.0 Å². The molecule has 0 saturated heterocycles. The number of alkyl halides is 3. The van der Waals surface area contributed by atoms with Crippen LogP contribution < -0.4 is 20.3 Å². The van der Waals surface area contributed by atoms with Crippen molar-refractivity contribution in [1.82, 2.24) is 10.9 Å². The Labute approximate surface area is 153 Å². The first-order valence-electron chi connectivity index (χ1n) is 7.79. The molecule has 6 nitrogen and oxygen atoms in total. The Morgan fingerprint density at radius 3 is 2.30 bits per heavy atom. The van der Waals surface area contributed by atoms with Crippen LogP contribution in [0.3, 0.4) is 0 Å². The third kappa shape index (κ3) is 6.53. The highest BCUT2D eigenvalue weighted by Crippen LogP contribution is 2.22. The fraction of sp³-hybridized carbons (Fsp3) is 0.222. The van der Waals surface area contributed by atoms with Crippen LogP contribution in [0.2, 0.25) is 0 Å². The maximum atomic E-state index is 12.1. The second-order valence-electron chi connectivity index (χ2n) is 5.63. The minimum absolute atomic E-state index is 0.0419. The number of rotatable bonds is 5. The number of benzene rings is 2. The Hall–Kier alpha value is -3.23. The lowest BCUT2D eigenvalue weighted by atomic mass is 10.1. The number of carbonyl (C=O) groups excluding carboxylic acids is 2. The lowest BCUT2D eigenvalue weighted by Crippen LogP contribution is -2.43. The maximum absolute atomic E-state index is 12.1. The highest BCUT2D eigenvalue weighted by Gasteiger charge is 2.31. The van der Waals surface area contributed by atoms with Gasteiger partial charge in [-0.25, -0.2) is 0 Å². The summed E-state index contributed by atoms with van der Waals surface area (Å²) in [4.78, 5) is 23.7. The molecular weight excluding hydrogens is 365 g/mol. The molecule has 0 heterocycles. The molecule has 0 fully saturated rings. The maximum Gasteiger partial charge on any atom is 0.573 e. The summed E-state index contributed by atoms with van der Waals surface area (Å²) in [7, 11) is 0. The third-order valence-corrected chi connectivity index (χ3v) is 3.37. The molecule has 0 spiro atoms. The number of aryl methyl sites for hydroxylation is 2. The molecule has 0 atom stereocenters. The summed E-state index contributed by atoms with van der Waals surface area (Å²) in [6.45, 7) is 3.40. The minimum Gasteiger partial charge on any atom is -0.483 e. The monoisotopic (exact) mass is 382 g/mol. The Bertz CT molecular complexity index is 820. The Morgan fingerprint density at radius 1 is 1.00 bits per heavy atom. The molecule has 2 aromatic rings. The van der Waals surface area contributed by atoms with E-state index < -0.39 is 23.9 Å². The van der Waals surface area contributed by atoms with Crippen molar-refractivity contribution in [2.45, 2.75) is 20.2 Å². The van der Waals surface area contributed by atoms with E-state index in [-0.39, 0.29) is 12.2 Å². The summed E-state index contributed by atoms with van der Waals surface area (Å²) in [5.74, 6) is -1.20. The standard InChI is InChI=1S/C18H17F3N2O4/c1-11-3-4-12(2)15(9-11)26-10-16(24)22-23-17(25)13-5-7-14(8-6-13)27-18(19,20)21/h3-9H,10H2,1-2H3,(H,22,24)(H,23,25). The van der Waals surface area contributed by atoms with Crippen LogP contribution in [0, 0.1) is 13.8 Å². The topological polar surface area (TPSA) is 76.7 Å². The van der Waals surface area contributed by atoms with E-state index in [1.165, 1.54) is 0 Å². The van der Waals surface area contributed by atoms with Gasteiger partial charge in [-0.3, -0.25) is 20.4 Å². The van der Waals surface area contributed by atoms with Crippen molar-refractivity contribution < 1.29 is 32.2 Å².